The smallest absolute Gasteiger partial charge is 0.416 e. The van der Waals surface area contributed by atoms with Crippen LogP contribution in [0.2, 0.25) is 0 Å². The van der Waals surface area contributed by atoms with E-state index in [2.05, 4.69) is 10.4 Å². The Morgan fingerprint density at radius 1 is 1.14 bits per heavy atom. The number of amides is 1. The SMILES string of the molecule is O=C(NCCc1ccc(O)cc1)c1ccn(COc2cccc(C(F)(F)F)c2)n1. The van der Waals surface area contributed by atoms with E-state index in [9.17, 15) is 23.1 Å². The molecule has 0 fully saturated rings. The van der Waals surface area contributed by atoms with Crippen molar-refractivity contribution in [2.24, 2.45) is 0 Å². The molecule has 0 bridgehead atoms. The van der Waals surface area contributed by atoms with Crippen molar-refractivity contribution in [3.05, 3.63) is 77.6 Å². The number of alkyl halides is 3. The molecule has 0 aliphatic carbocycles. The number of hydrogen-bond donors (Lipinski definition) is 2. The van der Waals surface area contributed by atoms with E-state index in [1.807, 2.05) is 0 Å². The minimum absolute atomic E-state index is 0.0511. The van der Waals surface area contributed by atoms with Gasteiger partial charge in [-0.15, -0.1) is 0 Å². The van der Waals surface area contributed by atoms with Gasteiger partial charge in [-0.05, 0) is 48.4 Å². The Balaban J connectivity index is 1.50. The summed E-state index contributed by atoms with van der Waals surface area (Å²) in [5.41, 5.74) is 0.329. The Labute approximate surface area is 164 Å². The number of aromatic nitrogens is 2. The van der Waals surface area contributed by atoms with Crippen molar-refractivity contribution in [2.75, 3.05) is 6.54 Å². The molecular weight excluding hydrogens is 387 g/mol. The van der Waals surface area contributed by atoms with Gasteiger partial charge in [-0.2, -0.15) is 18.3 Å². The molecule has 0 radical (unpaired) electrons. The maximum atomic E-state index is 12.7. The van der Waals surface area contributed by atoms with Crippen LogP contribution >= 0.6 is 0 Å². The lowest BCUT2D eigenvalue weighted by Gasteiger charge is -2.10. The van der Waals surface area contributed by atoms with Gasteiger partial charge >= 0.3 is 6.18 Å². The summed E-state index contributed by atoms with van der Waals surface area (Å²) in [6, 6.07) is 12.7. The molecule has 0 saturated carbocycles. The zero-order valence-electron chi connectivity index (χ0n) is 15.2. The second-order valence-corrected chi connectivity index (χ2v) is 6.21. The molecule has 1 heterocycles. The van der Waals surface area contributed by atoms with Gasteiger partial charge in [-0.1, -0.05) is 18.2 Å². The first-order chi connectivity index (χ1) is 13.8. The van der Waals surface area contributed by atoms with Gasteiger partial charge in [0.05, 0.1) is 5.56 Å². The molecule has 3 aromatic rings. The van der Waals surface area contributed by atoms with Crippen molar-refractivity contribution in [1.82, 2.24) is 15.1 Å². The average molecular weight is 405 g/mol. The van der Waals surface area contributed by atoms with Crippen LogP contribution in [-0.4, -0.2) is 27.3 Å². The second kappa shape index (κ2) is 8.68. The number of carbonyl (C=O) groups excluding carboxylic acids is 1. The maximum absolute atomic E-state index is 12.7. The van der Waals surface area contributed by atoms with Gasteiger partial charge in [0, 0.05) is 12.7 Å². The fourth-order valence-corrected chi connectivity index (χ4v) is 2.53. The summed E-state index contributed by atoms with van der Waals surface area (Å²) in [7, 11) is 0. The highest BCUT2D eigenvalue weighted by Crippen LogP contribution is 2.31. The number of halogens is 3. The van der Waals surface area contributed by atoms with Gasteiger partial charge < -0.3 is 15.2 Å². The number of phenolic OH excluding ortho intramolecular Hbond substituents is 1. The molecule has 6 nitrogen and oxygen atoms in total. The quantitative estimate of drug-likeness (QED) is 0.630. The van der Waals surface area contributed by atoms with E-state index in [-0.39, 0.29) is 29.8 Å². The number of nitrogens with zero attached hydrogens (tertiary/aromatic N) is 2. The Hall–Kier alpha value is -3.49. The predicted octanol–water partition coefficient (Wildman–Crippen LogP) is 3.62. The summed E-state index contributed by atoms with van der Waals surface area (Å²) in [6.45, 7) is 0.249. The van der Waals surface area contributed by atoms with Crippen LogP contribution in [0.1, 0.15) is 21.6 Å². The molecular formula is C20H18F3N3O3. The van der Waals surface area contributed by atoms with E-state index < -0.39 is 11.7 Å². The van der Waals surface area contributed by atoms with Crippen molar-refractivity contribution in [2.45, 2.75) is 19.3 Å². The molecule has 1 amide bonds. The highest BCUT2D eigenvalue weighted by atomic mass is 19.4. The first-order valence-electron chi connectivity index (χ1n) is 8.71. The number of nitrogens with one attached hydrogen (secondary N) is 1. The molecule has 2 N–H and O–H groups in total. The second-order valence-electron chi connectivity index (χ2n) is 6.21. The van der Waals surface area contributed by atoms with E-state index in [1.54, 1.807) is 24.3 Å². The highest BCUT2D eigenvalue weighted by Gasteiger charge is 2.30. The van der Waals surface area contributed by atoms with Crippen LogP contribution in [0.15, 0.2) is 60.8 Å². The van der Waals surface area contributed by atoms with Crippen molar-refractivity contribution in [3.63, 3.8) is 0 Å². The predicted molar refractivity (Wildman–Crippen MR) is 98.4 cm³/mol. The zero-order chi connectivity index (χ0) is 20.9. The Morgan fingerprint density at radius 3 is 2.62 bits per heavy atom. The molecule has 9 heteroatoms. The van der Waals surface area contributed by atoms with Crippen molar-refractivity contribution in [1.29, 1.82) is 0 Å². The summed E-state index contributed by atoms with van der Waals surface area (Å²) < 4.78 is 44.8. The summed E-state index contributed by atoms with van der Waals surface area (Å²) in [5.74, 6) is -0.146. The van der Waals surface area contributed by atoms with Crippen LogP contribution in [0.4, 0.5) is 13.2 Å². The van der Waals surface area contributed by atoms with Gasteiger partial charge in [-0.3, -0.25) is 4.79 Å². The topological polar surface area (TPSA) is 76.4 Å². The third-order valence-corrected chi connectivity index (χ3v) is 4.03. The largest absolute Gasteiger partial charge is 0.508 e. The summed E-state index contributed by atoms with van der Waals surface area (Å²) >= 11 is 0. The molecule has 29 heavy (non-hydrogen) atoms. The lowest BCUT2D eigenvalue weighted by atomic mass is 10.1. The van der Waals surface area contributed by atoms with Gasteiger partial charge in [0.25, 0.3) is 5.91 Å². The van der Waals surface area contributed by atoms with E-state index >= 15 is 0 Å². The lowest BCUT2D eigenvalue weighted by molar-refractivity contribution is -0.137. The molecule has 0 saturated heterocycles. The molecule has 0 atom stereocenters. The Kier molecular flexibility index (Phi) is 6.06. The van der Waals surface area contributed by atoms with Crippen LogP contribution in [0.3, 0.4) is 0 Å². The van der Waals surface area contributed by atoms with Crippen LogP contribution in [0.5, 0.6) is 11.5 Å². The van der Waals surface area contributed by atoms with Gasteiger partial charge in [0.1, 0.15) is 17.2 Å². The van der Waals surface area contributed by atoms with Crippen molar-refractivity contribution < 1.29 is 27.8 Å². The van der Waals surface area contributed by atoms with E-state index in [1.165, 1.54) is 29.1 Å². The van der Waals surface area contributed by atoms with Gasteiger partial charge in [0.15, 0.2) is 6.73 Å². The molecule has 152 valence electrons. The normalized spacial score (nSPS) is 11.3. The zero-order valence-corrected chi connectivity index (χ0v) is 15.2. The molecule has 1 aromatic heterocycles. The summed E-state index contributed by atoms with van der Waals surface area (Å²) in [4.78, 5) is 12.1. The Morgan fingerprint density at radius 2 is 1.90 bits per heavy atom. The van der Waals surface area contributed by atoms with Crippen molar-refractivity contribution >= 4 is 5.91 Å². The number of benzene rings is 2. The standard InChI is InChI=1S/C20H18F3N3O3/c21-20(22,23)15-2-1-3-17(12-15)29-13-26-11-9-18(25-26)19(28)24-10-8-14-4-6-16(27)7-5-14/h1-7,9,11-12,27H,8,10,13H2,(H,24,28). The third kappa shape index (κ3) is 5.74. The summed E-state index contributed by atoms with van der Waals surface area (Å²) in [6.07, 6.45) is -2.36. The molecule has 0 unspecified atom stereocenters. The molecule has 0 aliphatic heterocycles. The van der Waals surface area contributed by atoms with Crippen LogP contribution < -0.4 is 10.1 Å². The maximum Gasteiger partial charge on any atom is 0.416 e. The van der Waals surface area contributed by atoms with Crippen LogP contribution in [0.25, 0.3) is 0 Å². The van der Waals surface area contributed by atoms with E-state index in [0.717, 1.165) is 17.7 Å². The van der Waals surface area contributed by atoms with Crippen molar-refractivity contribution in [3.8, 4) is 11.5 Å². The minimum atomic E-state index is -4.45. The summed E-state index contributed by atoms with van der Waals surface area (Å²) in [5, 5.41) is 16.0. The molecule has 2 aromatic carbocycles. The number of carbonyl (C=O) groups is 1. The fourth-order valence-electron chi connectivity index (χ4n) is 2.53. The van der Waals surface area contributed by atoms with E-state index in [0.29, 0.717) is 13.0 Å². The van der Waals surface area contributed by atoms with Gasteiger partial charge in [-0.25, -0.2) is 4.68 Å². The fraction of sp³-hybridized carbons (Fsp3) is 0.200. The molecule has 0 spiro atoms. The average Bonchev–Trinajstić information content (AvgIpc) is 3.17. The van der Waals surface area contributed by atoms with Gasteiger partial charge in [0.2, 0.25) is 0 Å². The molecule has 3 rings (SSSR count). The lowest BCUT2D eigenvalue weighted by Crippen LogP contribution is -2.26. The number of phenols is 1. The number of hydrogen-bond acceptors (Lipinski definition) is 4. The minimum Gasteiger partial charge on any atom is -0.508 e. The van der Waals surface area contributed by atoms with Crippen LogP contribution in [-0.2, 0) is 19.3 Å². The van der Waals surface area contributed by atoms with Crippen LogP contribution in [0, 0.1) is 0 Å². The molecule has 0 aliphatic rings. The highest BCUT2D eigenvalue weighted by molar-refractivity contribution is 5.92. The number of ether oxygens (including phenoxy) is 1. The number of rotatable bonds is 7. The number of aromatic hydroxyl groups is 1. The monoisotopic (exact) mass is 405 g/mol. The Bertz CT molecular complexity index is 969. The first-order valence-corrected chi connectivity index (χ1v) is 8.71. The van der Waals surface area contributed by atoms with E-state index in [4.69, 9.17) is 4.74 Å². The third-order valence-electron chi connectivity index (χ3n) is 4.03. The first kappa shape index (κ1) is 20.2.